The van der Waals surface area contributed by atoms with Crippen LogP contribution in [0.15, 0.2) is 36.5 Å². The number of rotatable bonds is 3. The Kier molecular flexibility index (Phi) is 2.91. The van der Waals surface area contributed by atoms with E-state index in [1.165, 1.54) is 12.1 Å². The standard InChI is InChI=1S/C12H10NO3/c14-10-5-11(15)7-12(6-10)16-8-9-3-1-2-4-13-9/h1-6,14-15H,8H2. The Balaban J connectivity index is 2.05. The normalized spacial score (nSPS) is 10.0. The SMILES string of the molecule is Oc1[c]c(OCc2ccccn2)cc(O)c1. The third kappa shape index (κ3) is 2.63. The first kappa shape index (κ1) is 10.3. The van der Waals surface area contributed by atoms with E-state index in [-0.39, 0.29) is 23.9 Å². The number of benzene rings is 1. The molecule has 1 aromatic heterocycles. The average molecular weight is 216 g/mol. The molecule has 0 spiro atoms. The summed E-state index contributed by atoms with van der Waals surface area (Å²) in [5.41, 5.74) is 0.763. The van der Waals surface area contributed by atoms with Crippen LogP contribution in [0.2, 0.25) is 0 Å². The maximum atomic E-state index is 9.22. The fourth-order valence-electron chi connectivity index (χ4n) is 1.23. The van der Waals surface area contributed by atoms with E-state index < -0.39 is 0 Å². The molecule has 2 aromatic rings. The Morgan fingerprint density at radius 2 is 2.12 bits per heavy atom. The van der Waals surface area contributed by atoms with Gasteiger partial charge in [-0.15, -0.1) is 0 Å². The first-order valence-corrected chi connectivity index (χ1v) is 4.72. The van der Waals surface area contributed by atoms with Gasteiger partial charge in [-0.05, 0) is 12.1 Å². The van der Waals surface area contributed by atoms with Crippen molar-refractivity contribution in [3.8, 4) is 17.2 Å². The van der Waals surface area contributed by atoms with Crippen LogP contribution in [0.25, 0.3) is 0 Å². The molecule has 4 heteroatoms. The first-order chi connectivity index (χ1) is 7.74. The molecular weight excluding hydrogens is 206 g/mol. The Morgan fingerprint density at radius 3 is 2.81 bits per heavy atom. The van der Waals surface area contributed by atoms with E-state index in [2.05, 4.69) is 11.1 Å². The second-order valence-corrected chi connectivity index (χ2v) is 3.20. The second-order valence-electron chi connectivity index (χ2n) is 3.20. The molecule has 0 saturated heterocycles. The topological polar surface area (TPSA) is 62.6 Å². The highest BCUT2D eigenvalue weighted by atomic mass is 16.5. The molecule has 0 fully saturated rings. The summed E-state index contributed by atoms with van der Waals surface area (Å²) in [6.45, 7) is 0.264. The molecule has 2 N–H and O–H groups in total. The van der Waals surface area contributed by atoms with Gasteiger partial charge in [0.1, 0.15) is 23.9 Å². The van der Waals surface area contributed by atoms with E-state index in [4.69, 9.17) is 4.74 Å². The summed E-state index contributed by atoms with van der Waals surface area (Å²) in [4.78, 5) is 4.07. The molecule has 0 atom stereocenters. The van der Waals surface area contributed by atoms with Crippen molar-refractivity contribution in [2.75, 3.05) is 0 Å². The van der Waals surface area contributed by atoms with Crippen molar-refractivity contribution in [3.05, 3.63) is 48.3 Å². The van der Waals surface area contributed by atoms with Crippen LogP contribution in [0, 0.1) is 6.07 Å². The molecule has 1 radical (unpaired) electrons. The molecule has 0 aliphatic rings. The van der Waals surface area contributed by atoms with Gasteiger partial charge in [-0.25, -0.2) is 0 Å². The Labute approximate surface area is 92.8 Å². The molecule has 1 aromatic carbocycles. The Hall–Kier alpha value is -2.23. The van der Waals surface area contributed by atoms with E-state index in [9.17, 15) is 10.2 Å². The summed E-state index contributed by atoms with van der Waals surface area (Å²) >= 11 is 0. The van der Waals surface area contributed by atoms with Crippen molar-refractivity contribution in [2.24, 2.45) is 0 Å². The van der Waals surface area contributed by atoms with Crippen LogP contribution in [0.1, 0.15) is 5.69 Å². The molecule has 0 amide bonds. The van der Waals surface area contributed by atoms with Gasteiger partial charge < -0.3 is 14.9 Å². The minimum atomic E-state index is -0.156. The molecule has 1 heterocycles. The van der Waals surface area contributed by atoms with Crippen LogP contribution in [-0.4, -0.2) is 15.2 Å². The number of aromatic hydroxyl groups is 2. The minimum absolute atomic E-state index is 0.0627. The number of aromatic nitrogens is 1. The van der Waals surface area contributed by atoms with E-state index >= 15 is 0 Å². The van der Waals surface area contributed by atoms with E-state index in [1.807, 2.05) is 18.2 Å². The summed E-state index contributed by atoms with van der Waals surface area (Å²) in [5, 5.41) is 18.4. The summed E-state index contributed by atoms with van der Waals surface area (Å²) in [7, 11) is 0. The van der Waals surface area contributed by atoms with E-state index in [0.717, 1.165) is 5.69 Å². The number of nitrogens with zero attached hydrogens (tertiary/aromatic N) is 1. The predicted molar refractivity (Wildman–Crippen MR) is 57.2 cm³/mol. The van der Waals surface area contributed by atoms with Crippen LogP contribution >= 0.6 is 0 Å². The number of hydrogen-bond donors (Lipinski definition) is 2. The fourth-order valence-corrected chi connectivity index (χ4v) is 1.23. The molecule has 16 heavy (non-hydrogen) atoms. The largest absolute Gasteiger partial charge is 0.508 e. The molecular formula is C12H10NO3. The van der Waals surface area contributed by atoms with Gasteiger partial charge in [-0.2, -0.15) is 0 Å². The summed E-state index contributed by atoms with van der Waals surface area (Å²) in [6.07, 6.45) is 1.67. The summed E-state index contributed by atoms with van der Waals surface area (Å²) in [5.74, 6) is 0.0615. The highest BCUT2D eigenvalue weighted by molar-refractivity contribution is 5.39. The lowest BCUT2D eigenvalue weighted by Gasteiger charge is -2.05. The molecule has 2 rings (SSSR count). The van der Waals surface area contributed by atoms with Gasteiger partial charge in [0.25, 0.3) is 0 Å². The van der Waals surface area contributed by atoms with Gasteiger partial charge in [0.2, 0.25) is 0 Å². The molecule has 0 saturated carbocycles. The fraction of sp³-hybridized carbons (Fsp3) is 0.0833. The van der Waals surface area contributed by atoms with Crippen molar-refractivity contribution < 1.29 is 14.9 Å². The number of hydrogen-bond acceptors (Lipinski definition) is 4. The molecule has 0 bridgehead atoms. The number of pyridine rings is 1. The van der Waals surface area contributed by atoms with Gasteiger partial charge >= 0.3 is 0 Å². The maximum absolute atomic E-state index is 9.22. The third-order valence-electron chi connectivity index (χ3n) is 1.92. The van der Waals surface area contributed by atoms with Crippen LogP contribution in [0.4, 0.5) is 0 Å². The monoisotopic (exact) mass is 216 g/mol. The van der Waals surface area contributed by atoms with Gasteiger partial charge in [-0.3, -0.25) is 4.98 Å². The van der Waals surface area contributed by atoms with E-state index in [1.54, 1.807) is 6.20 Å². The molecule has 0 aliphatic heterocycles. The summed E-state index contributed by atoms with van der Waals surface area (Å²) in [6, 6.07) is 10.6. The number of phenolic OH excluding ortho intramolecular Hbond substituents is 2. The average Bonchev–Trinajstić information content (AvgIpc) is 2.27. The van der Waals surface area contributed by atoms with Gasteiger partial charge in [-0.1, -0.05) is 6.07 Å². The lowest BCUT2D eigenvalue weighted by atomic mass is 10.3. The minimum Gasteiger partial charge on any atom is -0.508 e. The van der Waals surface area contributed by atoms with Crippen LogP contribution in [-0.2, 0) is 6.61 Å². The van der Waals surface area contributed by atoms with Crippen molar-refractivity contribution >= 4 is 0 Å². The van der Waals surface area contributed by atoms with Crippen molar-refractivity contribution in [1.29, 1.82) is 0 Å². The molecule has 0 unspecified atom stereocenters. The van der Waals surface area contributed by atoms with Crippen LogP contribution in [0.3, 0.4) is 0 Å². The van der Waals surface area contributed by atoms with Crippen LogP contribution in [0.5, 0.6) is 17.2 Å². The van der Waals surface area contributed by atoms with Crippen molar-refractivity contribution in [2.45, 2.75) is 6.61 Å². The Morgan fingerprint density at radius 1 is 1.25 bits per heavy atom. The van der Waals surface area contributed by atoms with Gasteiger partial charge in [0.05, 0.1) is 11.8 Å². The maximum Gasteiger partial charge on any atom is 0.135 e. The van der Waals surface area contributed by atoms with Gasteiger partial charge in [0.15, 0.2) is 0 Å². The second kappa shape index (κ2) is 4.53. The number of ether oxygens (including phenoxy) is 1. The number of phenols is 2. The zero-order valence-corrected chi connectivity index (χ0v) is 8.42. The van der Waals surface area contributed by atoms with Crippen molar-refractivity contribution in [3.63, 3.8) is 0 Å². The first-order valence-electron chi connectivity index (χ1n) is 4.72. The van der Waals surface area contributed by atoms with E-state index in [0.29, 0.717) is 0 Å². The van der Waals surface area contributed by atoms with Crippen LogP contribution < -0.4 is 4.74 Å². The zero-order valence-electron chi connectivity index (χ0n) is 8.42. The lowest BCUT2D eigenvalue weighted by molar-refractivity contribution is 0.296. The highest BCUT2D eigenvalue weighted by Gasteiger charge is 2.01. The van der Waals surface area contributed by atoms with Crippen molar-refractivity contribution in [1.82, 2.24) is 4.98 Å². The zero-order chi connectivity index (χ0) is 11.4. The van der Waals surface area contributed by atoms with Gasteiger partial charge in [0, 0.05) is 18.3 Å². The quantitative estimate of drug-likeness (QED) is 0.822. The molecule has 81 valence electrons. The lowest BCUT2D eigenvalue weighted by Crippen LogP contribution is -1.97. The summed E-state index contributed by atoms with van der Waals surface area (Å²) < 4.78 is 5.32. The Bertz CT molecular complexity index is 451. The third-order valence-corrected chi connectivity index (χ3v) is 1.92. The highest BCUT2D eigenvalue weighted by Crippen LogP contribution is 2.25. The smallest absolute Gasteiger partial charge is 0.135 e. The molecule has 0 aliphatic carbocycles. The predicted octanol–water partition coefficient (Wildman–Crippen LogP) is 1.87. The molecule has 4 nitrogen and oxygen atoms in total.